The number of aromatic nitrogens is 1. The van der Waals surface area contributed by atoms with Crippen LogP contribution in [-0.2, 0) is 0 Å². The first-order valence-electron chi connectivity index (χ1n) is 6.13. The number of nitrogens with two attached hydrogens (primary N) is 1. The Morgan fingerprint density at radius 3 is 3.05 bits per heavy atom. The van der Waals surface area contributed by atoms with Crippen molar-refractivity contribution >= 4 is 23.1 Å². The minimum Gasteiger partial charge on any atom is -0.493 e. The van der Waals surface area contributed by atoms with Crippen molar-refractivity contribution in [3.8, 4) is 5.75 Å². The minimum absolute atomic E-state index is 0.154. The molecular formula is C14H14ClN3O. The topological polar surface area (TPSA) is 60.2 Å². The van der Waals surface area contributed by atoms with Gasteiger partial charge in [-0.15, -0.1) is 0 Å². The first-order valence-corrected chi connectivity index (χ1v) is 6.51. The Morgan fingerprint density at radius 2 is 2.21 bits per heavy atom. The number of rotatable bonds is 2. The Kier molecular flexibility index (Phi) is 3.17. The van der Waals surface area contributed by atoms with Gasteiger partial charge in [0.2, 0.25) is 0 Å². The summed E-state index contributed by atoms with van der Waals surface area (Å²) >= 11 is 5.85. The van der Waals surface area contributed by atoms with Crippen molar-refractivity contribution in [2.75, 3.05) is 17.7 Å². The standard InChI is InChI=1S/C14H14ClN3O/c15-9-7-11(16)14(17-8-9)18-12-5-6-19-13-4-2-1-3-10(12)13/h1-4,7-8,12H,5-6,16H2,(H,17,18). The number of nitrogen functional groups attached to an aromatic ring is 1. The van der Waals surface area contributed by atoms with Crippen molar-refractivity contribution in [1.82, 2.24) is 4.98 Å². The Morgan fingerprint density at radius 1 is 1.37 bits per heavy atom. The second kappa shape index (κ2) is 4.97. The third-order valence-corrected chi connectivity index (χ3v) is 3.36. The molecule has 1 atom stereocenters. The summed E-state index contributed by atoms with van der Waals surface area (Å²) in [6.45, 7) is 0.683. The number of hydrogen-bond acceptors (Lipinski definition) is 4. The van der Waals surface area contributed by atoms with E-state index < -0.39 is 0 Å². The molecule has 1 aromatic heterocycles. The zero-order chi connectivity index (χ0) is 13.2. The lowest BCUT2D eigenvalue weighted by molar-refractivity contribution is 0.274. The van der Waals surface area contributed by atoms with Crippen LogP contribution in [0.4, 0.5) is 11.5 Å². The first kappa shape index (κ1) is 12.1. The van der Waals surface area contributed by atoms with Crippen LogP contribution in [0.1, 0.15) is 18.0 Å². The number of anilines is 2. The van der Waals surface area contributed by atoms with Crippen molar-refractivity contribution in [3.05, 3.63) is 47.1 Å². The average molecular weight is 276 g/mol. The molecule has 5 heteroatoms. The molecule has 1 aliphatic heterocycles. The quantitative estimate of drug-likeness (QED) is 0.883. The summed E-state index contributed by atoms with van der Waals surface area (Å²) in [5.74, 6) is 1.57. The molecule has 0 saturated heterocycles. The van der Waals surface area contributed by atoms with Crippen LogP contribution in [0, 0.1) is 0 Å². The molecule has 2 heterocycles. The SMILES string of the molecule is Nc1cc(Cl)cnc1NC1CCOc2ccccc21. The summed E-state index contributed by atoms with van der Waals surface area (Å²) in [5, 5.41) is 3.90. The summed E-state index contributed by atoms with van der Waals surface area (Å²) in [7, 11) is 0. The summed E-state index contributed by atoms with van der Waals surface area (Å²) < 4.78 is 5.63. The molecule has 0 fully saturated rings. The second-order valence-corrected chi connectivity index (χ2v) is 4.90. The van der Waals surface area contributed by atoms with Gasteiger partial charge in [0.1, 0.15) is 11.6 Å². The van der Waals surface area contributed by atoms with Crippen molar-refractivity contribution in [2.45, 2.75) is 12.5 Å². The summed E-state index contributed by atoms with van der Waals surface area (Å²) in [5.41, 5.74) is 7.60. The molecule has 0 radical (unpaired) electrons. The van der Waals surface area contributed by atoms with Gasteiger partial charge in [-0.1, -0.05) is 29.8 Å². The molecule has 0 aliphatic carbocycles. The lowest BCUT2D eigenvalue weighted by Crippen LogP contribution is -2.21. The van der Waals surface area contributed by atoms with Crippen LogP contribution in [0.25, 0.3) is 0 Å². The molecule has 3 rings (SSSR count). The number of ether oxygens (including phenoxy) is 1. The molecule has 1 aliphatic rings. The van der Waals surface area contributed by atoms with Gasteiger partial charge in [0.15, 0.2) is 0 Å². The maximum Gasteiger partial charge on any atom is 0.149 e. The monoisotopic (exact) mass is 275 g/mol. The highest BCUT2D eigenvalue weighted by Crippen LogP contribution is 2.34. The van der Waals surface area contributed by atoms with E-state index in [-0.39, 0.29) is 6.04 Å². The predicted molar refractivity (Wildman–Crippen MR) is 76.6 cm³/mol. The Hall–Kier alpha value is -1.94. The molecule has 3 N–H and O–H groups in total. The molecule has 1 unspecified atom stereocenters. The number of halogens is 1. The van der Waals surface area contributed by atoms with Crippen LogP contribution in [0.3, 0.4) is 0 Å². The number of fused-ring (bicyclic) bond motifs is 1. The normalized spacial score (nSPS) is 17.4. The number of para-hydroxylation sites is 1. The van der Waals surface area contributed by atoms with Gasteiger partial charge in [0.25, 0.3) is 0 Å². The number of hydrogen-bond donors (Lipinski definition) is 2. The number of pyridine rings is 1. The molecule has 0 spiro atoms. The van der Waals surface area contributed by atoms with Crippen LogP contribution in [-0.4, -0.2) is 11.6 Å². The predicted octanol–water partition coefficient (Wildman–Crippen LogP) is 3.25. The summed E-state index contributed by atoms with van der Waals surface area (Å²) in [6, 6.07) is 9.85. The van der Waals surface area contributed by atoms with Gasteiger partial charge in [-0.2, -0.15) is 0 Å². The van der Waals surface area contributed by atoms with Crippen LogP contribution < -0.4 is 15.8 Å². The van der Waals surface area contributed by atoms with Crippen LogP contribution >= 0.6 is 11.6 Å². The number of benzene rings is 1. The molecule has 4 nitrogen and oxygen atoms in total. The van der Waals surface area contributed by atoms with E-state index in [9.17, 15) is 0 Å². The Bertz CT molecular complexity index is 603. The van der Waals surface area contributed by atoms with E-state index in [2.05, 4.69) is 16.4 Å². The highest BCUT2D eigenvalue weighted by molar-refractivity contribution is 6.30. The van der Waals surface area contributed by atoms with E-state index in [0.717, 1.165) is 17.7 Å². The molecule has 19 heavy (non-hydrogen) atoms. The smallest absolute Gasteiger partial charge is 0.149 e. The zero-order valence-corrected chi connectivity index (χ0v) is 11.0. The second-order valence-electron chi connectivity index (χ2n) is 4.46. The van der Waals surface area contributed by atoms with E-state index >= 15 is 0 Å². The average Bonchev–Trinajstić information content (AvgIpc) is 2.42. The van der Waals surface area contributed by atoms with E-state index in [1.54, 1.807) is 12.3 Å². The van der Waals surface area contributed by atoms with Gasteiger partial charge in [0, 0.05) is 18.2 Å². The van der Waals surface area contributed by atoms with E-state index in [1.165, 1.54) is 0 Å². The zero-order valence-electron chi connectivity index (χ0n) is 10.3. The van der Waals surface area contributed by atoms with E-state index in [4.69, 9.17) is 22.1 Å². The Balaban J connectivity index is 1.88. The number of nitrogens with zero attached hydrogens (tertiary/aromatic N) is 1. The van der Waals surface area contributed by atoms with Gasteiger partial charge in [-0.05, 0) is 12.1 Å². The number of nitrogens with one attached hydrogen (secondary N) is 1. The van der Waals surface area contributed by atoms with Gasteiger partial charge < -0.3 is 15.8 Å². The van der Waals surface area contributed by atoms with E-state index in [0.29, 0.717) is 23.1 Å². The highest BCUT2D eigenvalue weighted by Gasteiger charge is 2.21. The summed E-state index contributed by atoms with van der Waals surface area (Å²) in [4.78, 5) is 4.24. The van der Waals surface area contributed by atoms with Crippen LogP contribution in [0.5, 0.6) is 5.75 Å². The lowest BCUT2D eigenvalue weighted by atomic mass is 10.0. The van der Waals surface area contributed by atoms with Crippen molar-refractivity contribution < 1.29 is 4.74 Å². The van der Waals surface area contributed by atoms with Gasteiger partial charge in [0.05, 0.1) is 23.4 Å². The first-order chi connectivity index (χ1) is 9.24. The van der Waals surface area contributed by atoms with Crippen LogP contribution in [0.15, 0.2) is 36.5 Å². The highest BCUT2D eigenvalue weighted by atomic mass is 35.5. The van der Waals surface area contributed by atoms with Gasteiger partial charge in [-0.3, -0.25) is 0 Å². The maximum atomic E-state index is 5.92. The molecule has 0 bridgehead atoms. The summed E-state index contributed by atoms with van der Waals surface area (Å²) in [6.07, 6.45) is 2.46. The van der Waals surface area contributed by atoms with Crippen LogP contribution in [0.2, 0.25) is 5.02 Å². The third kappa shape index (κ3) is 2.44. The fourth-order valence-corrected chi connectivity index (χ4v) is 2.40. The van der Waals surface area contributed by atoms with E-state index in [1.807, 2.05) is 18.2 Å². The van der Waals surface area contributed by atoms with Crippen molar-refractivity contribution in [3.63, 3.8) is 0 Å². The van der Waals surface area contributed by atoms with Crippen molar-refractivity contribution in [1.29, 1.82) is 0 Å². The lowest BCUT2D eigenvalue weighted by Gasteiger charge is -2.27. The fourth-order valence-electron chi connectivity index (χ4n) is 2.23. The maximum absolute atomic E-state index is 5.92. The van der Waals surface area contributed by atoms with Gasteiger partial charge >= 0.3 is 0 Å². The third-order valence-electron chi connectivity index (χ3n) is 3.15. The van der Waals surface area contributed by atoms with Gasteiger partial charge in [-0.25, -0.2) is 4.98 Å². The Labute approximate surface area is 116 Å². The largest absolute Gasteiger partial charge is 0.493 e. The molecule has 98 valence electrons. The molecule has 1 aromatic carbocycles. The minimum atomic E-state index is 0.154. The molecule has 2 aromatic rings. The molecule has 0 amide bonds. The fraction of sp³-hybridized carbons (Fsp3) is 0.214. The van der Waals surface area contributed by atoms with Crippen molar-refractivity contribution in [2.24, 2.45) is 0 Å². The molecule has 0 saturated carbocycles. The molecular weight excluding hydrogens is 262 g/mol.